The van der Waals surface area contributed by atoms with Gasteiger partial charge in [0.1, 0.15) is 10.6 Å². The summed E-state index contributed by atoms with van der Waals surface area (Å²) < 4.78 is 73.0. The predicted molar refractivity (Wildman–Crippen MR) is 49.9 cm³/mol. The fraction of sp³-hybridized carbons (Fsp3) is 0.125. The van der Waals surface area contributed by atoms with E-state index >= 15 is 0 Å². The summed E-state index contributed by atoms with van der Waals surface area (Å²) in [6, 6.07) is 1.44. The van der Waals surface area contributed by atoms with Crippen LogP contribution in [0.1, 0.15) is 10.4 Å². The zero-order valence-corrected chi connectivity index (χ0v) is 9.18. The minimum atomic E-state index is -5.22. The fourth-order valence-electron chi connectivity index (χ4n) is 1.07. The summed E-state index contributed by atoms with van der Waals surface area (Å²) in [6.45, 7) is 0. The van der Waals surface area contributed by atoms with Crippen LogP contribution in [0.3, 0.4) is 0 Å². The molecule has 2 N–H and O–H groups in total. The van der Waals surface area contributed by atoms with E-state index in [1.54, 1.807) is 0 Å². The van der Waals surface area contributed by atoms with E-state index in [2.05, 4.69) is 4.74 Å². The highest BCUT2D eigenvalue weighted by Crippen LogP contribution is 2.29. The predicted octanol–water partition coefficient (Wildman–Crippen LogP) is 1.34. The molecule has 1 aromatic rings. The van der Waals surface area contributed by atoms with Crippen molar-refractivity contribution < 1.29 is 35.0 Å². The molecule has 18 heavy (non-hydrogen) atoms. The summed E-state index contributed by atoms with van der Waals surface area (Å²) in [6.07, 6.45) is -5.18. The molecule has 0 spiro atoms. The monoisotopic (exact) mass is 287 g/mol. The first kappa shape index (κ1) is 14.2. The number of primary amides is 1. The lowest BCUT2D eigenvalue weighted by molar-refractivity contribution is -0.274. The van der Waals surface area contributed by atoms with Crippen molar-refractivity contribution in [3.8, 4) is 5.75 Å². The Bertz CT molecular complexity index is 581. The number of carbonyl (C=O) groups excluding carboxylic acids is 1. The Morgan fingerprint density at radius 1 is 1.28 bits per heavy atom. The van der Waals surface area contributed by atoms with Crippen molar-refractivity contribution in [1.29, 1.82) is 0 Å². The molecule has 0 bridgehead atoms. The Morgan fingerprint density at radius 3 is 2.22 bits per heavy atom. The molecule has 1 amide bonds. The van der Waals surface area contributed by atoms with Crippen molar-refractivity contribution in [2.45, 2.75) is 11.3 Å². The van der Waals surface area contributed by atoms with Gasteiger partial charge in [0.2, 0.25) is 0 Å². The topological polar surface area (TPSA) is 86.5 Å². The maximum absolute atomic E-state index is 12.6. The third kappa shape index (κ3) is 3.58. The minimum Gasteiger partial charge on any atom is -0.405 e. The molecule has 0 unspecified atom stereocenters. The van der Waals surface area contributed by atoms with E-state index in [4.69, 9.17) is 5.73 Å². The molecule has 0 atom stereocenters. The number of halogens is 4. The van der Waals surface area contributed by atoms with E-state index in [9.17, 15) is 30.3 Å². The normalized spacial score (nSPS) is 12.2. The number of alkyl halides is 3. The smallest absolute Gasteiger partial charge is 0.405 e. The van der Waals surface area contributed by atoms with E-state index in [0.717, 1.165) is 0 Å². The highest BCUT2D eigenvalue weighted by molar-refractivity contribution is 7.86. The van der Waals surface area contributed by atoms with Crippen LogP contribution < -0.4 is 10.5 Å². The van der Waals surface area contributed by atoms with E-state index in [1.165, 1.54) is 0 Å². The van der Waals surface area contributed by atoms with E-state index < -0.39 is 38.7 Å². The summed E-state index contributed by atoms with van der Waals surface area (Å²) in [5.41, 5.74) is 4.04. The Labute approximate surface area is 98.4 Å². The number of carbonyl (C=O) groups is 1. The second-order valence-electron chi connectivity index (χ2n) is 3.01. The molecular formula is C8H5F4NO4S. The standard InChI is InChI=1S/C8H5F4NO4S/c9-8(10,11)17-6-3-4(18(12,15)16)1-2-5(6)7(13)14/h1-3H,(H2,13,14). The highest BCUT2D eigenvalue weighted by atomic mass is 32.3. The van der Waals surface area contributed by atoms with E-state index in [-0.39, 0.29) is 6.07 Å². The van der Waals surface area contributed by atoms with Crippen molar-refractivity contribution in [2.75, 3.05) is 0 Å². The molecule has 0 saturated carbocycles. The van der Waals surface area contributed by atoms with Gasteiger partial charge in [-0.05, 0) is 12.1 Å². The number of ether oxygens (including phenoxy) is 1. The third-order valence-electron chi connectivity index (χ3n) is 1.73. The first-order chi connectivity index (χ1) is 8.00. The molecule has 1 aromatic carbocycles. The number of hydrogen-bond donors (Lipinski definition) is 1. The molecular weight excluding hydrogens is 282 g/mol. The second-order valence-corrected chi connectivity index (χ2v) is 4.35. The highest BCUT2D eigenvalue weighted by Gasteiger charge is 2.33. The van der Waals surface area contributed by atoms with Gasteiger partial charge in [-0.3, -0.25) is 4.79 Å². The van der Waals surface area contributed by atoms with Crippen LogP contribution in [0, 0.1) is 0 Å². The van der Waals surface area contributed by atoms with Gasteiger partial charge in [0, 0.05) is 6.07 Å². The first-order valence-corrected chi connectivity index (χ1v) is 5.53. The molecule has 0 radical (unpaired) electrons. The van der Waals surface area contributed by atoms with Crippen LogP contribution in [0.15, 0.2) is 23.1 Å². The molecule has 0 aliphatic carbocycles. The number of benzene rings is 1. The molecule has 0 aliphatic heterocycles. The zero-order chi connectivity index (χ0) is 14.1. The Morgan fingerprint density at radius 2 is 1.83 bits per heavy atom. The average molecular weight is 287 g/mol. The van der Waals surface area contributed by atoms with Crippen molar-refractivity contribution in [3.05, 3.63) is 23.8 Å². The van der Waals surface area contributed by atoms with Crippen molar-refractivity contribution in [2.24, 2.45) is 5.73 Å². The van der Waals surface area contributed by atoms with Gasteiger partial charge in [-0.1, -0.05) is 0 Å². The summed E-state index contributed by atoms with van der Waals surface area (Å²) in [5.74, 6) is -2.47. The summed E-state index contributed by atoms with van der Waals surface area (Å²) in [5, 5.41) is 0. The van der Waals surface area contributed by atoms with Gasteiger partial charge in [-0.15, -0.1) is 17.1 Å². The number of amides is 1. The van der Waals surface area contributed by atoms with Gasteiger partial charge in [0.05, 0.1) is 5.56 Å². The van der Waals surface area contributed by atoms with Gasteiger partial charge in [0.25, 0.3) is 5.91 Å². The Hall–Kier alpha value is -1.84. The van der Waals surface area contributed by atoms with Crippen LogP contribution in [0.4, 0.5) is 17.1 Å². The van der Waals surface area contributed by atoms with Gasteiger partial charge in [-0.25, -0.2) is 0 Å². The van der Waals surface area contributed by atoms with Gasteiger partial charge >= 0.3 is 16.6 Å². The lowest BCUT2D eigenvalue weighted by Crippen LogP contribution is -2.21. The summed E-state index contributed by atoms with van der Waals surface area (Å²) in [7, 11) is -5.22. The first-order valence-electron chi connectivity index (χ1n) is 4.15. The minimum absolute atomic E-state index is 0.225. The molecule has 0 fully saturated rings. The molecule has 1 rings (SSSR count). The lowest BCUT2D eigenvalue weighted by atomic mass is 10.2. The summed E-state index contributed by atoms with van der Waals surface area (Å²) in [4.78, 5) is 9.72. The Kier molecular flexibility index (Phi) is 3.51. The van der Waals surface area contributed by atoms with Crippen molar-refractivity contribution in [3.63, 3.8) is 0 Å². The van der Waals surface area contributed by atoms with Crippen LogP contribution in [0.5, 0.6) is 5.75 Å². The van der Waals surface area contributed by atoms with Crippen molar-refractivity contribution in [1.82, 2.24) is 0 Å². The second kappa shape index (κ2) is 4.44. The van der Waals surface area contributed by atoms with Crippen molar-refractivity contribution >= 4 is 16.1 Å². The Balaban J connectivity index is 3.38. The maximum Gasteiger partial charge on any atom is 0.573 e. The van der Waals surface area contributed by atoms with Crippen LogP contribution in [0.2, 0.25) is 0 Å². The molecule has 5 nitrogen and oxygen atoms in total. The van der Waals surface area contributed by atoms with Gasteiger partial charge < -0.3 is 10.5 Å². The SMILES string of the molecule is NC(=O)c1ccc(S(=O)(=O)F)cc1OC(F)(F)F. The largest absolute Gasteiger partial charge is 0.573 e. The number of hydrogen-bond acceptors (Lipinski definition) is 4. The average Bonchev–Trinajstić information content (AvgIpc) is 2.12. The molecule has 10 heteroatoms. The van der Waals surface area contributed by atoms with Crippen LogP contribution in [-0.4, -0.2) is 20.7 Å². The zero-order valence-electron chi connectivity index (χ0n) is 8.36. The van der Waals surface area contributed by atoms with Crippen LogP contribution in [-0.2, 0) is 10.2 Å². The number of nitrogens with two attached hydrogens (primary N) is 1. The fourth-order valence-corrected chi connectivity index (χ4v) is 1.55. The van der Waals surface area contributed by atoms with Gasteiger partial charge in [0.15, 0.2) is 0 Å². The van der Waals surface area contributed by atoms with Crippen LogP contribution in [0.25, 0.3) is 0 Å². The maximum atomic E-state index is 12.6. The van der Waals surface area contributed by atoms with E-state index in [1.807, 2.05) is 0 Å². The lowest BCUT2D eigenvalue weighted by Gasteiger charge is -2.12. The summed E-state index contributed by atoms with van der Waals surface area (Å²) >= 11 is 0. The van der Waals surface area contributed by atoms with Gasteiger partial charge in [-0.2, -0.15) is 8.42 Å². The molecule has 0 saturated heterocycles. The number of rotatable bonds is 3. The third-order valence-corrected chi connectivity index (χ3v) is 2.54. The molecule has 0 aliphatic rings. The molecule has 100 valence electrons. The van der Waals surface area contributed by atoms with E-state index in [0.29, 0.717) is 12.1 Å². The molecule has 0 aromatic heterocycles. The molecule has 0 heterocycles. The quantitative estimate of drug-likeness (QED) is 0.671. The van der Waals surface area contributed by atoms with Crippen LogP contribution >= 0.6 is 0 Å².